The van der Waals surface area contributed by atoms with Crippen molar-refractivity contribution in [2.45, 2.75) is 89.4 Å². The van der Waals surface area contributed by atoms with Gasteiger partial charge in [-0.25, -0.2) is 0 Å². The van der Waals surface area contributed by atoms with Gasteiger partial charge in [0, 0.05) is 29.6 Å². The molecule has 6 nitrogen and oxygen atoms in total. The average molecular weight is 531 g/mol. The molecule has 0 bridgehead atoms. The van der Waals surface area contributed by atoms with Crippen LogP contribution < -0.4 is 0 Å². The number of fused-ring (bicyclic) bond motifs is 4. The summed E-state index contributed by atoms with van der Waals surface area (Å²) >= 11 is 0. The van der Waals surface area contributed by atoms with E-state index in [1.807, 2.05) is 6.92 Å². The molecule has 2 heterocycles. The van der Waals surface area contributed by atoms with Gasteiger partial charge in [-0.05, 0) is 57.4 Å². The molecular weight excluding hydrogens is 492 g/mol. The second kappa shape index (κ2) is 8.73. The van der Waals surface area contributed by atoms with E-state index < -0.39 is 11.2 Å². The summed E-state index contributed by atoms with van der Waals surface area (Å²) in [6, 6.07) is 0. The van der Waals surface area contributed by atoms with Crippen molar-refractivity contribution in [3.8, 4) is 0 Å². The molecule has 2 aliphatic heterocycles. The van der Waals surface area contributed by atoms with Gasteiger partial charge >= 0.3 is 11.9 Å². The van der Waals surface area contributed by atoms with Crippen molar-refractivity contribution in [3.05, 3.63) is 11.6 Å². The molecule has 0 aromatic carbocycles. The number of rotatable bonds is 2. The number of ketones is 1. The number of hydrogen-bond donors (Lipinski definition) is 0. The molecule has 6 aliphatic rings. The van der Waals surface area contributed by atoms with Gasteiger partial charge in [-0.15, -0.1) is 0 Å². The predicted molar refractivity (Wildman–Crippen MR) is 141 cm³/mol. The number of ether oxygens (including phenoxy) is 3. The van der Waals surface area contributed by atoms with Gasteiger partial charge in [-0.2, -0.15) is 40.5 Å². The largest absolute Gasteiger partial charge is 0.466 e. The van der Waals surface area contributed by atoms with Crippen molar-refractivity contribution < 1.29 is 28.6 Å². The molecule has 192 valence electrons. The molecule has 0 aromatic heterocycles. The fraction of sp³-hybridized carbons (Fsp3) is 0.800. The first kappa shape index (κ1) is 27.9. The van der Waals surface area contributed by atoms with E-state index in [1.165, 1.54) is 0 Å². The van der Waals surface area contributed by atoms with E-state index in [0.29, 0.717) is 25.9 Å². The Bertz CT molecular complexity index is 938. The third-order valence-electron chi connectivity index (χ3n) is 10.3. The molecule has 5 fully saturated rings. The van der Waals surface area contributed by atoms with Crippen LogP contribution in [0.4, 0.5) is 0 Å². The highest BCUT2D eigenvalue weighted by Crippen LogP contribution is 2.78. The number of carbonyl (C=O) groups is 3. The molecule has 3 saturated carbocycles. The third-order valence-corrected chi connectivity index (χ3v) is 10.3. The Hall–Kier alpha value is -0.640. The summed E-state index contributed by atoms with van der Waals surface area (Å²) in [6.07, 6.45) is 7.64. The first-order valence-electron chi connectivity index (χ1n) is 12.0. The van der Waals surface area contributed by atoms with Gasteiger partial charge in [0.1, 0.15) is 11.2 Å². The zero-order chi connectivity index (χ0) is 21.8. The molecule has 0 N–H and O–H groups in total. The fourth-order valence-corrected chi connectivity index (χ4v) is 8.78. The molecule has 0 amide bonds. The van der Waals surface area contributed by atoms with E-state index in [1.54, 1.807) is 6.08 Å². The Balaban J connectivity index is 0.00000108. The lowest BCUT2D eigenvalue weighted by molar-refractivity contribution is -0.173. The van der Waals surface area contributed by atoms with Gasteiger partial charge in [-0.3, -0.25) is 14.4 Å². The van der Waals surface area contributed by atoms with Crippen LogP contribution in [0.2, 0.25) is 0 Å². The Morgan fingerprint density at radius 2 is 1.85 bits per heavy atom. The molecule has 34 heavy (non-hydrogen) atoms. The summed E-state index contributed by atoms with van der Waals surface area (Å²) in [5.74, 6) is -0.154. The second-order valence-corrected chi connectivity index (χ2v) is 11.2. The van der Waals surface area contributed by atoms with Crippen LogP contribution in [0.1, 0.15) is 72.1 Å². The second-order valence-electron chi connectivity index (χ2n) is 11.2. The Morgan fingerprint density at radius 3 is 2.50 bits per heavy atom. The smallest absolute Gasteiger partial charge is 0.309 e. The van der Waals surface area contributed by atoms with E-state index in [-0.39, 0.29) is 92.9 Å². The lowest BCUT2D eigenvalue weighted by Gasteiger charge is -2.58. The predicted octanol–water partition coefficient (Wildman–Crippen LogP) is 3.85. The van der Waals surface area contributed by atoms with Gasteiger partial charge in [0.2, 0.25) is 0 Å². The minimum absolute atomic E-state index is 0. The zero-order valence-corrected chi connectivity index (χ0v) is 23.2. The SMILES string of the molecule is CCOC(=O)[C@@H]1CC2=CC(=O)CC[C@]2(C)C23O[C@@H]2C[C@@]2(C)[C@@H](CC[C@@]24CCC(=O)O4)[C@H]13.S.S.S. The summed E-state index contributed by atoms with van der Waals surface area (Å²) in [5.41, 5.74) is -0.174. The van der Waals surface area contributed by atoms with Crippen molar-refractivity contribution in [3.63, 3.8) is 0 Å². The molecule has 9 heteroatoms. The highest BCUT2D eigenvalue weighted by molar-refractivity contribution is 7.59. The standard InChI is InChI=1S/C25H32O6.3H2S/c1-4-29-21(28)16-12-14-11-15(26)5-8-22(14,2)25-18(30-25)13-23(3)17(20(16)25)6-9-24(23)10-7-19(27)31-24;;;/h11,16-18,20H,4-10,12-13H2,1-3H3;3*1H2/t16-,17+,18-,20+,22+,23+,24-,25?;;;/m1.../s1. The van der Waals surface area contributed by atoms with Crippen molar-refractivity contribution in [2.75, 3.05) is 6.61 Å². The van der Waals surface area contributed by atoms with Crippen molar-refractivity contribution in [1.82, 2.24) is 0 Å². The zero-order valence-electron chi connectivity index (χ0n) is 20.2. The van der Waals surface area contributed by atoms with Gasteiger partial charge < -0.3 is 14.2 Å². The highest BCUT2D eigenvalue weighted by Gasteiger charge is 2.83. The van der Waals surface area contributed by atoms with Crippen LogP contribution in [0.25, 0.3) is 0 Å². The van der Waals surface area contributed by atoms with Gasteiger partial charge in [-0.1, -0.05) is 19.4 Å². The van der Waals surface area contributed by atoms with Crippen LogP contribution in [0.3, 0.4) is 0 Å². The lowest BCUT2D eigenvalue weighted by atomic mass is 9.43. The van der Waals surface area contributed by atoms with Crippen LogP contribution in [-0.4, -0.2) is 41.6 Å². The summed E-state index contributed by atoms with van der Waals surface area (Å²) in [4.78, 5) is 37.7. The maximum atomic E-state index is 13.3. The van der Waals surface area contributed by atoms with E-state index in [4.69, 9.17) is 14.2 Å². The molecule has 0 radical (unpaired) electrons. The molecular formula is C25H38O6S3. The summed E-state index contributed by atoms with van der Waals surface area (Å²) in [7, 11) is 0. The number of carbonyl (C=O) groups excluding carboxylic acids is 3. The van der Waals surface area contributed by atoms with Crippen LogP contribution >= 0.6 is 40.5 Å². The van der Waals surface area contributed by atoms with E-state index in [0.717, 1.165) is 37.7 Å². The van der Waals surface area contributed by atoms with Crippen molar-refractivity contribution in [1.29, 1.82) is 0 Å². The molecule has 1 unspecified atom stereocenters. The van der Waals surface area contributed by atoms with Crippen LogP contribution in [0, 0.1) is 28.6 Å². The van der Waals surface area contributed by atoms with Crippen molar-refractivity contribution >= 4 is 58.2 Å². The monoisotopic (exact) mass is 530 g/mol. The summed E-state index contributed by atoms with van der Waals surface area (Å²) < 4.78 is 18.3. The number of esters is 2. The van der Waals surface area contributed by atoms with Crippen molar-refractivity contribution in [2.24, 2.45) is 28.6 Å². The minimum Gasteiger partial charge on any atom is -0.466 e. The van der Waals surface area contributed by atoms with E-state index >= 15 is 0 Å². The minimum atomic E-state index is -0.425. The molecule has 4 aliphatic carbocycles. The van der Waals surface area contributed by atoms with E-state index in [2.05, 4.69) is 13.8 Å². The third kappa shape index (κ3) is 3.18. The van der Waals surface area contributed by atoms with Gasteiger partial charge in [0.15, 0.2) is 5.78 Å². The van der Waals surface area contributed by atoms with Crippen LogP contribution in [0.15, 0.2) is 11.6 Å². The van der Waals surface area contributed by atoms with Crippen LogP contribution in [-0.2, 0) is 28.6 Å². The number of hydrogen-bond acceptors (Lipinski definition) is 6. The molecule has 2 saturated heterocycles. The Morgan fingerprint density at radius 1 is 1.12 bits per heavy atom. The first-order chi connectivity index (χ1) is 14.7. The highest BCUT2D eigenvalue weighted by atomic mass is 32.1. The number of epoxide rings is 1. The van der Waals surface area contributed by atoms with Gasteiger partial charge in [0.25, 0.3) is 0 Å². The fourth-order valence-electron chi connectivity index (χ4n) is 8.78. The normalized spacial score (nSPS) is 47.3. The maximum absolute atomic E-state index is 13.3. The Labute approximate surface area is 222 Å². The Kier molecular flexibility index (Phi) is 7.18. The van der Waals surface area contributed by atoms with Gasteiger partial charge in [0.05, 0.1) is 18.6 Å². The average Bonchev–Trinajstić information content (AvgIpc) is 3.20. The topological polar surface area (TPSA) is 82.2 Å². The maximum Gasteiger partial charge on any atom is 0.309 e. The molecule has 0 aromatic rings. The molecule has 2 spiro atoms. The molecule has 6 rings (SSSR count). The van der Waals surface area contributed by atoms with E-state index in [9.17, 15) is 14.4 Å². The van der Waals surface area contributed by atoms with Crippen LogP contribution in [0.5, 0.6) is 0 Å². The lowest BCUT2D eigenvalue weighted by Crippen LogP contribution is -2.63. The molecule has 8 atom stereocenters. The quantitative estimate of drug-likeness (QED) is 0.398. The summed E-state index contributed by atoms with van der Waals surface area (Å²) in [5, 5.41) is 0. The first-order valence-corrected chi connectivity index (χ1v) is 12.0. The summed E-state index contributed by atoms with van der Waals surface area (Å²) in [6.45, 7) is 6.71.